The van der Waals surface area contributed by atoms with Crippen LogP contribution in [0.2, 0.25) is 0 Å². The molecule has 94 valence electrons. The molecule has 0 spiro atoms. The van der Waals surface area contributed by atoms with Crippen molar-refractivity contribution < 1.29 is 31.9 Å². The first-order chi connectivity index (χ1) is 7.84. The van der Waals surface area contributed by atoms with Gasteiger partial charge in [-0.15, -0.1) is 0 Å². The minimum Gasteiger partial charge on any atom is -0.479 e. The molecule has 0 bridgehead atoms. The number of rotatable bonds is 5. The van der Waals surface area contributed by atoms with Gasteiger partial charge in [-0.1, -0.05) is 11.0 Å². The van der Waals surface area contributed by atoms with Gasteiger partial charge in [0.05, 0.1) is 0 Å². The topological polar surface area (TPSA) is 92.7 Å². The number of halogens is 2. The van der Waals surface area contributed by atoms with E-state index < -0.39 is 39.1 Å². The van der Waals surface area contributed by atoms with Crippen LogP contribution in [0.25, 0.3) is 0 Å². The number of carboxylic acid groups (broad SMARTS) is 1. The number of hydrogen-bond donors (Lipinski definition) is 2. The van der Waals surface area contributed by atoms with Gasteiger partial charge >= 0.3 is 5.97 Å². The molecule has 0 aliphatic carbocycles. The molecular weight excluding hydrogens is 260 g/mol. The molecule has 0 atom stereocenters. The summed E-state index contributed by atoms with van der Waals surface area (Å²) in [5.74, 6) is -4.06. The number of benzene rings is 1. The fourth-order valence-electron chi connectivity index (χ4n) is 0.950. The van der Waals surface area contributed by atoms with E-state index >= 15 is 0 Å². The van der Waals surface area contributed by atoms with Crippen molar-refractivity contribution in [3.8, 4) is 0 Å². The summed E-state index contributed by atoms with van der Waals surface area (Å²) in [6.45, 7) is -0.977. The zero-order valence-electron chi connectivity index (χ0n) is 8.18. The highest BCUT2D eigenvalue weighted by Gasteiger charge is 2.24. The van der Waals surface area contributed by atoms with E-state index in [4.69, 9.17) is 5.11 Å². The molecule has 9 heteroatoms. The number of hydrogen-bond acceptors (Lipinski definition) is 4. The van der Waals surface area contributed by atoms with Gasteiger partial charge in [0, 0.05) is 0 Å². The summed E-state index contributed by atoms with van der Waals surface area (Å²) in [6, 6.07) is 2.48. The van der Waals surface area contributed by atoms with Crippen molar-refractivity contribution in [2.45, 2.75) is 4.90 Å². The smallest absolute Gasteiger partial charge is 0.331 e. The quantitative estimate of drug-likeness (QED) is 0.746. The van der Waals surface area contributed by atoms with E-state index in [-0.39, 0.29) is 0 Å². The highest BCUT2D eigenvalue weighted by Crippen LogP contribution is 2.17. The molecule has 0 aliphatic heterocycles. The molecule has 0 aliphatic rings. The van der Waals surface area contributed by atoms with Crippen LogP contribution in [0.3, 0.4) is 0 Å². The summed E-state index contributed by atoms with van der Waals surface area (Å²) in [7, 11) is -4.60. The zero-order chi connectivity index (χ0) is 13.1. The van der Waals surface area contributed by atoms with Gasteiger partial charge in [-0.3, -0.25) is 4.84 Å². The monoisotopic (exact) mass is 267 g/mol. The van der Waals surface area contributed by atoms with Gasteiger partial charge in [-0.2, -0.15) is 0 Å². The third-order valence-corrected chi connectivity index (χ3v) is 2.82. The van der Waals surface area contributed by atoms with Crippen LogP contribution in [0.15, 0.2) is 23.1 Å². The van der Waals surface area contributed by atoms with E-state index in [9.17, 15) is 22.0 Å². The van der Waals surface area contributed by atoms with Crippen molar-refractivity contribution in [2.75, 3.05) is 6.61 Å². The van der Waals surface area contributed by atoms with E-state index in [1.54, 1.807) is 0 Å². The third kappa shape index (κ3) is 3.44. The minimum atomic E-state index is -4.60. The van der Waals surface area contributed by atoms with Crippen LogP contribution in [-0.2, 0) is 19.7 Å². The highest BCUT2D eigenvalue weighted by atomic mass is 32.2. The highest BCUT2D eigenvalue weighted by molar-refractivity contribution is 7.89. The summed E-state index contributed by atoms with van der Waals surface area (Å²) in [6.07, 6.45) is 0. The lowest BCUT2D eigenvalue weighted by Gasteiger charge is -2.07. The molecule has 2 N–H and O–H groups in total. The molecule has 1 aromatic rings. The van der Waals surface area contributed by atoms with Crippen molar-refractivity contribution in [3.05, 3.63) is 29.8 Å². The minimum absolute atomic E-state index is 0.745. The fourth-order valence-corrected chi connectivity index (χ4v) is 1.90. The van der Waals surface area contributed by atoms with Crippen molar-refractivity contribution >= 4 is 16.0 Å². The van der Waals surface area contributed by atoms with Gasteiger partial charge < -0.3 is 5.11 Å². The van der Waals surface area contributed by atoms with Gasteiger partial charge in [-0.25, -0.2) is 22.0 Å². The lowest BCUT2D eigenvalue weighted by atomic mass is 10.3. The average molecular weight is 267 g/mol. The number of nitrogens with one attached hydrogen (secondary N) is 1. The Bertz CT molecular complexity index is 510. The molecule has 0 fully saturated rings. The van der Waals surface area contributed by atoms with Crippen molar-refractivity contribution in [1.82, 2.24) is 4.89 Å². The zero-order valence-corrected chi connectivity index (χ0v) is 9.00. The Balaban J connectivity index is 2.94. The first-order valence-electron chi connectivity index (χ1n) is 4.14. The predicted octanol–water partition coefficient (Wildman–Crippen LogP) is 0.259. The van der Waals surface area contributed by atoms with Gasteiger partial charge in [0.15, 0.2) is 11.5 Å². The Hall–Kier alpha value is -1.58. The van der Waals surface area contributed by atoms with E-state index in [0.717, 1.165) is 18.2 Å². The van der Waals surface area contributed by atoms with E-state index in [1.165, 1.54) is 4.89 Å². The lowest BCUT2D eigenvalue weighted by Crippen LogP contribution is -2.28. The number of sulfonamides is 1. The first-order valence-corrected chi connectivity index (χ1v) is 5.62. The Labute approximate surface area is 94.8 Å². The van der Waals surface area contributed by atoms with Crippen LogP contribution < -0.4 is 4.89 Å². The molecule has 0 heterocycles. The third-order valence-electron chi connectivity index (χ3n) is 1.55. The fraction of sp³-hybridized carbons (Fsp3) is 0.125. The van der Waals surface area contributed by atoms with Crippen LogP contribution >= 0.6 is 0 Å². The van der Waals surface area contributed by atoms with E-state index in [2.05, 4.69) is 4.84 Å². The standard InChI is InChI=1S/C8H7F2NO5S/c9-5-2-1-3-6(10)8(5)17(14,15)11-16-4-7(12)13/h1-3,11H,4H2,(H,12,13). The summed E-state index contributed by atoms with van der Waals surface area (Å²) in [4.78, 5) is 14.2. The normalized spacial score (nSPS) is 11.4. The molecule has 1 aromatic carbocycles. The molecule has 1 rings (SSSR count). The summed E-state index contributed by atoms with van der Waals surface area (Å²) >= 11 is 0. The largest absolute Gasteiger partial charge is 0.479 e. The average Bonchev–Trinajstić information content (AvgIpc) is 2.15. The molecule has 6 nitrogen and oxygen atoms in total. The van der Waals surface area contributed by atoms with Gasteiger partial charge in [0.25, 0.3) is 10.0 Å². The molecule has 0 radical (unpaired) electrons. The van der Waals surface area contributed by atoms with Crippen LogP contribution in [0.5, 0.6) is 0 Å². The Morgan fingerprint density at radius 1 is 1.35 bits per heavy atom. The van der Waals surface area contributed by atoms with Crippen LogP contribution in [-0.4, -0.2) is 26.1 Å². The van der Waals surface area contributed by atoms with Crippen molar-refractivity contribution in [2.24, 2.45) is 0 Å². The van der Waals surface area contributed by atoms with Crippen LogP contribution in [0.1, 0.15) is 0 Å². The molecule has 0 aromatic heterocycles. The van der Waals surface area contributed by atoms with Gasteiger partial charge in [0.2, 0.25) is 0 Å². The predicted molar refractivity (Wildman–Crippen MR) is 50.3 cm³/mol. The van der Waals surface area contributed by atoms with Gasteiger partial charge in [-0.05, 0) is 12.1 Å². The van der Waals surface area contributed by atoms with Crippen molar-refractivity contribution in [1.29, 1.82) is 0 Å². The molecule has 0 saturated carbocycles. The van der Waals surface area contributed by atoms with Crippen LogP contribution in [0.4, 0.5) is 8.78 Å². The number of carbonyl (C=O) groups is 1. The second kappa shape index (κ2) is 5.17. The second-order valence-electron chi connectivity index (χ2n) is 2.82. The van der Waals surface area contributed by atoms with Gasteiger partial charge in [0.1, 0.15) is 11.6 Å². The molecule has 17 heavy (non-hydrogen) atoms. The Morgan fingerprint density at radius 3 is 2.35 bits per heavy atom. The molecule has 0 unspecified atom stereocenters. The lowest BCUT2D eigenvalue weighted by molar-refractivity contribution is -0.143. The maximum Gasteiger partial charge on any atom is 0.331 e. The molecular formula is C8H7F2NO5S. The number of carboxylic acids is 1. The van der Waals surface area contributed by atoms with Crippen molar-refractivity contribution in [3.63, 3.8) is 0 Å². The SMILES string of the molecule is O=C(O)CONS(=O)(=O)c1c(F)cccc1F. The number of aliphatic carboxylic acids is 1. The Kier molecular flexibility index (Phi) is 4.10. The van der Waals surface area contributed by atoms with E-state index in [0.29, 0.717) is 0 Å². The van der Waals surface area contributed by atoms with E-state index in [1.807, 2.05) is 0 Å². The second-order valence-corrected chi connectivity index (χ2v) is 4.40. The maximum atomic E-state index is 13.1. The summed E-state index contributed by atoms with van der Waals surface area (Å²) in [5, 5.41) is 8.18. The molecule has 0 amide bonds. The maximum absolute atomic E-state index is 13.1. The summed E-state index contributed by atoms with van der Waals surface area (Å²) in [5.41, 5.74) is 0. The van der Waals surface area contributed by atoms with Crippen LogP contribution in [0, 0.1) is 11.6 Å². The first kappa shape index (κ1) is 13.5. The summed E-state index contributed by atoms with van der Waals surface area (Å²) < 4.78 is 48.9. The molecule has 0 saturated heterocycles. The Morgan fingerprint density at radius 2 is 1.88 bits per heavy atom.